The highest BCUT2D eigenvalue weighted by atomic mass is 16.5. The Hall–Kier alpha value is -1.30. The number of ether oxygens (including phenoxy) is 1. The van der Waals surface area contributed by atoms with Crippen molar-refractivity contribution in [3.63, 3.8) is 0 Å². The van der Waals surface area contributed by atoms with Crippen molar-refractivity contribution in [3.8, 4) is 0 Å². The van der Waals surface area contributed by atoms with Crippen LogP contribution in [0.1, 0.15) is 32.6 Å². The minimum atomic E-state index is -0.998. The first-order chi connectivity index (χ1) is 8.13. The standard InChI is InChI=1S/C11H20N2O4/c1-2-4-9(10(14)15)13-11(16)12-8-5-3-6-17-7-8/h8-9H,2-7H2,1H3,(H,14,15)(H2,12,13,16)/t8?,9-/m1/s1. The van der Waals surface area contributed by atoms with Crippen LogP contribution in [0.5, 0.6) is 0 Å². The van der Waals surface area contributed by atoms with Crippen LogP contribution in [-0.4, -0.2) is 42.4 Å². The van der Waals surface area contributed by atoms with E-state index in [9.17, 15) is 9.59 Å². The minimum Gasteiger partial charge on any atom is -0.480 e. The van der Waals surface area contributed by atoms with Crippen molar-refractivity contribution in [2.24, 2.45) is 0 Å². The number of hydrogen-bond donors (Lipinski definition) is 3. The van der Waals surface area contributed by atoms with Gasteiger partial charge in [-0.25, -0.2) is 9.59 Å². The Morgan fingerprint density at radius 3 is 2.82 bits per heavy atom. The fourth-order valence-electron chi connectivity index (χ4n) is 1.79. The average Bonchev–Trinajstić information content (AvgIpc) is 2.29. The average molecular weight is 244 g/mol. The molecule has 0 radical (unpaired) electrons. The van der Waals surface area contributed by atoms with Gasteiger partial charge in [-0.15, -0.1) is 0 Å². The minimum absolute atomic E-state index is 0.0141. The summed E-state index contributed by atoms with van der Waals surface area (Å²) >= 11 is 0. The SMILES string of the molecule is CCC[C@@H](NC(=O)NC1CCCOC1)C(=O)O. The van der Waals surface area contributed by atoms with Gasteiger partial charge in [-0.3, -0.25) is 0 Å². The van der Waals surface area contributed by atoms with Crippen LogP contribution in [0, 0.1) is 0 Å². The molecule has 1 saturated heterocycles. The third kappa shape index (κ3) is 5.04. The van der Waals surface area contributed by atoms with Gasteiger partial charge in [0, 0.05) is 6.61 Å². The molecule has 1 aliphatic heterocycles. The van der Waals surface area contributed by atoms with E-state index in [-0.39, 0.29) is 6.04 Å². The molecule has 3 N–H and O–H groups in total. The lowest BCUT2D eigenvalue weighted by atomic mass is 10.1. The highest BCUT2D eigenvalue weighted by molar-refractivity contribution is 5.82. The second kappa shape index (κ2) is 7.11. The second-order valence-electron chi connectivity index (χ2n) is 4.21. The topological polar surface area (TPSA) is 87.7 Å². The fourth-order valence-corrected chi connectivity index (χ4v) is 1.79. The van der Waals surface area contributed by atoms with Gasteiger partial charge in [0.25, 0.3) is 0 Å². The Kier molecular flexibility index (Phi) is 5.76. The Bertz CT molecular complexity index is 264. The van der Waals surface area contributed by atoms with Crippen molar-refractivity contribution >= 4 is 12.0 Å². The summed E-state index contributed by atoms with van der Waals surface area (Å²) in [5.74, 6) is -0.998. The molecule has 0 aromatic heterocycles. The number of urea groups is 1. The molecule has 2 amide bonds. The molecule has 1 unspecified atom stereocenters. The predicted octanol–water partition coefficient (Wildman–Crippen LogP) is 0.718. The van der Waals surface area contributed by atoms with E-state index in [0.29, 0.717) is 19.4 Å². The molecule has 0 spiro atoms. The number of carboxylic acids is 1. The number of carbonyl (C=O) groups excluding carboxylic acids is 1. The Balaban J connectivity index is 2.33. The Labute approximate surface area is 101 Å². The van der Waals surface area contributed by atoms with E-state index >= 15 is 0 Å². The lowest BCUT2D eigenvalue weighted by molar-refractivity contribution is -0.139. The Morgan fingerprint density at radius 2 is 2.29 bits per heavy atom. The summed E-state index contributed by atoms with van der Waals surface area (Å²) < 4.78 is 5.22. The van der Waals surface area contributed by atoms with Crippen LogP contribution in [0.2, 0.25) is 0 Å². The lowest BCUT2D eigenvalue weighted by Crippen LogP contribution is -2.50. The number of carbonyl (C=O) groups is 2. The summed E-state index contributed by atoms with van der Waals surface area (Å²) in [6.45, 7) is 3.11. The summed E-state index contributed by atoms with van der Waals surface area (Å²) in [6.07, 6.45) is 2.94. The third-order valence-electron chi connectivity index (χ3n) is 2.68. The molecule has 0 bridgehead atoms. The van der Waals surface area contributed by atoms with Crippen LogP contribution in [0.4, 0.5) is 4.79 Å². The number of amides is 2. The quantitative estimate of drug-likeness (QED) is 0.665. The molecule has 1 aliphatic rings. The van der Waals surface area contributed by atoms with Gasteiger partial charge in [-0.1, -0.05) is 13.3 Å². The van der Waals surface area contributed by atoms with Crippen molar-refractivity contribution in [1.82, 2.24) is 10.6 Å². The maximum absolute atomic E-state index is 11.6. The number of nitrogens with one attached hydrogen (secondary N) is 2. The molecular weight excluding hydrogens is 224 g/mol. The first-order valence-electron chi connectivity index (χ1n) is 6.01. The Morgan fingerprint density at radius 1 is 1.53 bits per heavy atom. The number of hydrogen-bond acceptors (Lipinski definition) is 3. The zero-order valence-corrected chi connectivity index (χ0v) is 10.1. The molecule has 6 heteroatoms. The van der Waals surface area contributed by atoms with Gasteiger partial charge in [0.05, 0.1) is 12.6 Å². The highest BCUT2D eigenvalue weighted by Gasteiger charge is 2.21. The van der Waals surface area contributed by atoms with Crippen LogP contribution < -0.4 is 10.6 Å². The zero-order valence-electron chi connectivity index (χ0n) is 10.1. The molecule has 6 nitrogen and oxygen atoms in total. The first kappa shape index (κ1) is 13.8. The van der Waals surface area contributed by atoms with E-state index in [4.69, 9.17) is 9.84 Å². The summed E-state index contributed by atoms with van der Waals surface area (Å²) in [5.41, 5.74) is 0. The molecule has 0 aromatic rings. The summed E-state index contributed by atoms with van der Waals surface area (Å²) in [4.78, 5) is 22.4. The molecule has 17 heavy (non-hydrogen) atoms. The van der Waals surface area contributed by atoms with E-state index in [1.807, 2.05) is 6.92 Å². The van der Waals surface area contributed by atoms with Gasteiger partial charge in [0.2, 0.25) is 0 Å². The molecule has 1 rings (SSSR count). The normalized spacial score (nSPS) is 21.6. The maximum Gasteiger partial charge on any atom is 0.326 e. The van der Waals surface area contributed by atoms with E-state index in [1.165, 1.54) is 0 Å². The third-order valence-corrected chi connectivity index (χ3v) is 2.68. The van der Waals surface area contributed by atoms with Crippen molar-refractivity contribution in [1.29, 1.82) is 0 Å². The van der Waals surface area contributed by atoms with Gasteiger partial charge >= 0.3 is 12.0 Å². The summed E-state index contributed by atoms with van der Waals surface area (Å²) in [7, 11) is 0. The largest absolute Gasteiger partial charge is 0.480 e. The lowest BCUT2D eigenvalue weighted by Gasteiger charge is -2.24. The summed E-state index contributed by atoms with van der Waals surface area (Å²) in [6, 6.07) is -1.26. The van der Waals surface area contributed by atoms with Gasteiger partial charge in [0.1, 0.15) is 6.04 Å². The molecule has 0 aliphatic carbocycles. The van der Waals surface area contributed by atoms with E-state index in [2.05, 4.69) is 10.6 Å². The van der Waals surface area contributed by atoms with Gasteiger partial charge in [-0.2, -0.15) is 0 Å². The molecular formula is C11H20N2O4. The van der Waals surface area contributed by atoms with Crippen molar-refractivity contribution in [3.05, 3.63) is 0 Å². The van der Waals surface area contributed by atoms with E-state index in [1.54, 1.807) is 0 Å². The second-order valence-corrected chi connectivity index (χ2v) is 4.21. The van der Waals surface area contributed by atoms with Gasteiger partial charge in [0.15, 0.2) is 0 Å². The van der Waals surface area contributed by atoms with E-state index < -0.39 is 18.0 Å². The van der Waals surface area contributed by atoms with Crippen LogP contribution in [-0.2, 0) is 9.53 Å². The van der Waals surface area contributed by atoms with Gasteiger partial charge < -0.3 is 20.5 Å². The smallest absolute Gasteiger partial charge is 0.326 e. The maximum atomic E-state index is 11.6. The van der Waals surface area contributed by atoms with Crippen LogP contribution in [0.3, 0.4) is 0 Å². The van der Waals surface area contributed by atoms with Crippen LogP contribution >= 0.6 is 0 Å². The zero-order chi connectivity index (χ0) is 12.7. The monoisotopic (exact) mass is 244 g/mol. The molecule has 98 valence electrons. The van der Waals surface area contributed by atoms with Crippen molar-refractivity contribution in [2.75, 3.05) is 13.2 Å². The fraction of sp³-hybridized carbons (Fsp3) is 0.818. The molecule has 0 saturated carbocycles. The molecule has 1 fully saturated rings. The number of aliphatic carboxylic acids is 1. The molecule has 0 aromatic carbocycles. The highest BCUT2D eigenvalue weighted by Crippen LogP contribution is 2.05. The summed E-state index contributed by atoms with van der Waals surface area (Å²) in [5, 5.41) is 14.1. The number of carboxylic acid groups (broad SMARTS) is 1. The predicted molar refractivity (Wildman–Crippen MR) is 61.8 cm³/mol. The molecule has 1 heterocycles. The molecule has 2 atom stereocenters. The number of rotatable bonds is 5. The van der Waals surface area contributed by atoms with Crippen molar-refractivity contribution in [2.45, 2.75) is 44.7 Å². The van der Waals surface area contributed by atoms with Crippen LogP contribution in [0.25, 0.3) is 0 Å². The first-order valence-corrected chi connectivity index (χ1v) is 6.01. The van der Waals surface area contributed by atoms with Crippen LogP contribution in [0.15, 0.2) is 0 Å². The van der Waals surface area contributed by atoms with E-state index in [0.717, 1.165) is 19.4 Å². The van der Waals surface area contributed by atoms with Crippen molar-refractivity contribution < 1.29 is 19.4 Å². The van der Waals surface area contributed by atoms with Gasteiger partial charge in [-0.05, 0) is 19.3 Å².